The summed E-state index contributed by atoms with van der Waals surface area (Å²) < 4.78 is 1.56. The van der Waals surface area contributed by atoms with Crippen molar-refractivity contribution in [1.29, 1.82) is 0 Å². The molecule has 27 heavy (non-hydrogen) atoms. The number of nitrogens with zero attached hydrogens (tertiary/aromatic N) is 3. The molecule has 0 saturated heterocycles. The van der Waals surface area contributed by atoms with Crippen molar-refractivity contribution in [3.8, 4) is 0 Å². The summed E-state index contributed by atoms with van der Waals surface area (Å²) in [4.78, 5) is 16.5. The normalized spacial score (nSPS) is 12.0. The minimum absolute atomic E-state index is 0.000773. The zero-order chi connectivity index (χ0) is 19.5. The van der Waals surface area contributed by atoms with Crippen molar-refractivity contribution in [1.82, 2.24) is 20.1 Å². The van der Waals surface area contributed by atoms with Crippen molar-refractivity contribution in [3.05, 3.63) is 48.0 Å². The summed E-state index contributed by atoms with van der Waals surface area (Å²) in [5.74, 6) is -0.296. The Labute approximate surface area is 159 Å². The van der Waals surface area contributed by atoms with Crippen LogP contribution in [0.2, 0.25) is 0 Å². The molecule has 2 aromatic rings. The molecular formula is C18H28BN5O3. The Bertz CT molecular complexity index is 681. The first-order valence-corrected chi connectivity index (χ1v) is 9.36. The van der Waals surface area contributed by atoms with Crippen LogP contribution in [-0.4, -0.2) is 50.3 Å². The van der Waals surface area contributed by atoms with Crippen LogP contribution in [0.15, 0.2) is 36.7 Å². The monoisotopic (exact) mass is 373 g/mol. The van der Waals surface area contributed by atoms with Gasteiger partial charge < -0.3 is 21.1 Å². The largest absolute Gasteiger partial charge is 0.475 e. The van der Waals surface area contributed by atoms with Crippen LogP contribution in [0.3, 0.4) is 0 Å². The van der Waals surface area contributed by atoms with Crippen LogP contribution >= 0.6 is 0 Å². The van der Waals surface area contributed by atoms with E-state index in [4.69, 9.17) is 5.73 Å². The molecule has 0 aliphatic carbocycles. The van der Waals surface area contributed by atoms with E-state index in [9.17, 15) is 14.8 Å². The lowest BCUT2D eigenvalue weighted by Crippen LogP contribution is -2.47. The predicted octanol–water partition coefficient (Wildman–Crippen LogP) is 0.0792. The molecule has 1 heterocycles. The van der Waals surface area contributed by atoms with E-state index in [1.165, 1.54) is 11.9 Å². The molecule has 1 aromatic heterocycles. The minimum atomic E-state index is -1.60. The molecule has 1 amide bonds. The van der Waals surface area contributed by atoms with E-state index in [0.29, 0.717) is 25.8 Å². The van der Waals surface area contributed by atoms with E-state index < -0.39 is 13.1 Å². The summed E-state index contributed by atoms with van der Waals surface area (Å²) in [6, 6.07) is 10.2. The van der Waals surface area contributed by atoms with Crippen LogP contribution in [0.1, 0.15) is 37.1 Å². The van der Waals surface area contributed by atoms with E-state index >= 15 is 0 Å². The van der Waals surface area contributed by atoms with E-state index in [0.717, 1.165) is 25.1 Å². The molecule has 0 spiro atoms. The quantitative estimate of drug-likeness (QED) is 0.308. The SMILES string of the molecule is NCCCC[C@H](NC(=O)Cn1ncnc1CCCc1ccccc1)B(O)O. The van der Waals surface area contributed by atoms with Crippen LogP contribution in [0, 0.1) is 0 Å². The van der Waals surface area contributed by atoms with Gasteiger partial charge in [-0.15, -0.1) is 0 Å². The average Bonchev–Trinajstić information content (AvgIpc) is 3.08. The Morgan fingerprint density at radius 2 is 1.96 bits per heavy atom. The van der Waals surface area contributed by atoms with Gasteiger partial charge in [-0.3, -0.25) is 4.79 Å². The lowest BCUT2D eigenvalue weighted by molar-refractivity contribution is -0.122. The number of rotatable bonds is 12. The molecule has 2 rings (SSSR count). The predicted molar refractivity (Wildman–Crippen MR) is 104 cm³/mol. The van der Waals surface area contributed by atoms with Gasteiger partial charge in [0.05, 0.1) is 5.94 Å². The highest BCUT2D eigenvalue weighted by molar-refractivity contribution is 6.43. The average molecular weight is 373 g/mol. The van der Waals surface area contributed by atoms with E-state index in [2.05, 4.69) is 27.5 Å². The molecule has 0 fully saturated rings. The molecule has 1 aromatic carbocycles. The number of hydrogen-bond acceptors (Lipinski definition) is 6. The lowest BCUT2D eigenvalue weighted by Gasteiger charge is -2.17. The van der Waals surface area contributed by atoms with Crippen molar-refractivity contribution >= 4 is 13.0 Å². The molecule has 0 unspecified atom stereocenters. The highest BCUT2D eigenvalue weighted by Gasteiger charge is 2.25. The van der Waals surface area contributed by atoms with Gasteiger partial charge in [-0.25, -0.2) is 9.67 Å². The zero-order valence-electron chi connectivity index (χ0n) is 15.5. The fourth-order valence-electron chi connectivity index (χ4n) is 2.90. The van der Waals surface area contributed by atoms with E-state index in [1.807, 2.05) is 18.2 Å². The lowest BCUT2D eigenvalue weighted by atomic mass is 9.76. The number of nitrogens with two attached hydrogens (primary N) is 1. The van der Waals surface area contributed by atoms with Crippen LogP contribution in [0.25, 0.3) is 0 Å². The number of carbonyl (C=O) groups excluding carboxylic acids is 1. The van der Waals surface area contributed by atoms with Gasteiger partial charge in [0.2, 0.25) is 5.91 Å². The van der Waals surface area contributed by atoms with Crippen LogP contribution in [0.5, 0.6) is 0 Å². The van der Waals surface area contributed by atoms with Gasteiger partial charge in [-0.2, -0.15) is 5.10 Å². The minimum Gasteiger partial charge on any atom is -0.426 e. The molecule has 9 heteroatoms. The third kappa shape index (κ3) is 7.50. The molecular weight excluding hydrogens is 345 g/mol. The standard InChI is InChI=1S/C18H28BN5O3/c20-12-5-4-10-16(19(26)27)23-18(25)13-24-17(21-14-22-24)11-6-9-15-7-2-1-3-8-15/h1-3,7-8,14,16,26-27H,4-6,9-13,20H2,(H,23,25)/t16-/m0/s1. The second kappa shape index (κ2) is 11.5. The maximum Gasteiger partial charge on any atom is 0.475 e. The number of aryl methyl sites for hydroxylation is 2. The summed E-state index contributed by atoms with van der Waals surface area (Å²) in [6.07, 6.45) is 5.93. The number of carbonyl (C=O) groups is 1. The van der Waals surface area contributed by atoms with Gasteiger partial charge in [-0.05, 0) is 37.8 Å². The number of hydrogen-bond donors (Lipinski definition) is 4. The van der Waals surface area contributed by atoms with Gasteiger partial charge >= 0.3 is 7.12 Å². The first-order valence-electron chi connectivity index (χ1n) is 9.36. The summed E-state index contributed by atoms with van der Waals surface area (Å²) >= 11 is 0. The Morgan fingerprint density at radius 1 is 1.19 bits per heavy atom. The topological polar surface area (TPSA) is 126 Å². The van der Waals surface area contributed by atoms with Gasteiger partial charge in [0, 0.05) is 6.42 Å². The molecule has 5 N–H and O–H groups in total. The number of amides is 1. The third-order valence-corrected chi connectivity index (χ3v) is 4.37. The first-order chi connectivity index (χ1) is 13.1. The van der Waals surface area contributed by atoms with Gasteiger partial charge in [0.25, 0.3) is 0 Å². The molecule has 0 aliphatic heterocycles. The van der Waals surface area contributed by atoms with Crippen LogP contribution in [-0.2, 0) is 24.2 Å². The van der Waals surface area contributed by atoms with Crippen molar-refractivity contribution in [2.45, 2.75) is 51.0 Å². The Hall–Kier alpha value is -2.23. The van der Waals surface area contributed by atoms with Crippen molar-refractivity contribution < 1.29 is 14.8 Å². The molecule has 1 atom stereocenters. The first kappa shape index (κ1) is 21.1. The summed E-state index contributed by atoms with van der Waals surface area (Å²) in [5.41, 5.74) is 6.71. The van der Waals surface area contributed by atoms with Crippen LogP contribution in [0.4, 0.5) is 0 Å². The van der Waals surface area contributed by atoms with Gasteiger partial charge in [0.15, 0.2) is 0 Å². The maximum absolute atomic E-state index is 12.3. The molecule has 146 valence electrons. The van der Waals surface area contributed by atoms with Gasteiger partial charge in [-0.1, -0.05) is 36.8 Å². The smallest absolute Gasteiger partial charge is 0.426 e. The Balaban J connectivity index is 1.82. The Kier molecular flexibility index (Phi) is 8.96. The van der Waals surface area contributed by atoms with Crippen molar-refractivity contribution in [2.24, 2.45) is 5.73 Å². The van der Waals surface area contributed by atoms with Crippen molar-refractivity contribution in [2.75, 3.05) is 6.54 Å². The molecule has 0 aliphatic rings. The fraction of sp³-hybridized carbons (Fsp3) is 0.500. The van der Waals surface area contributed by atoms with Crippen LogP contribution < -0.4 is 11.1 Å². The number of aromatic nitrogens is 3. The summed E-state index contributed by atoms with van der Waals surface area (Å²) in [6.45, 7) is 0.536. The summed E-state index contributed by atoms with van der Waals surface area (Å²) in [7, 11) is -1.60. The molecule has 0 radical (unpaired) electrons. The fourth-order valence-corrected chi connectivity index (χ4v) is 2.90. The number of benzene rings is 1. The van der Waals surface area contributed by atoms with E-state index in [1.54, 1.807) is 4.68 Å². The summed E-state index contributed by atoms with van der Waals surface area (Å²) in [5, 5.41) is 25.6. The van der Waals surface area contributed by atoms with Crippen molar-refractivity contribution in [3.63, 3.8) is 0 Å². The second-order valence-electron chi connectivity index (χ2n) is 6.55. The third-order valence-electron chi connectivity index (χ3n) is 4.37. The van der Waals surface area contributed by atoms with Gasteiger partial charge in [0.1, 0.15) is 18.7 Å². The molecule has 8 nitrogen and oxygen atoms in total. The highest BCUT2D eigenvalue weighted by Crippen LogP contribution is 2.07. The van der Waals surface area contributed by atoms with E-state index in [-0.39, 0.29) is 12.5 Å². The Morgan fingerprint density at radius 3 is 2.67 bits per heavy atom. The number of unbranched alkanes of at least 4 members (excludes halogenated alkanes) is 1. The zero-order valence-corrected chi connectivity index (χ0v) is 15.5. The molecule has 0 bridgehead atoms. The highest BCUT2D eigenvalue weighted by atomic mass is 16.4. The second-order valence-corrected chi connectivity index (χ2v) is 6.55. The maximum atomic E-state index is 12.3. The number of nitrogens with one attached hydrogen (secondary N) is 1. The molecule has 0 saturated carbocycles.